The molecule has 0 bridgehead atoms. The molecule has 1 amide bonds. The molecule has 1 aromatic carbocycles. The van der Waals surface area contributed by atoms with E-state index in [1.165, 1.54) is 19.3 Å². The number of rotatable bonds is 10. The van der Waals surface area contributed by atoms with Gasteiger partial charge >= 0.3 is 0 Å². The van der Waals surface area contributed by atoms with Gasteiger partial charge in [0.15, 0.2) is 0 Å². The number of hydrogen-bond donors (Lipinski definition) is 5. The summed E-state index contributed by atoms with van der Waals surface area (Å²) in [5.41, 5.74) is 2.28. The molecule has 200 valence electrons. The molecule has 0 spiro atoms. The summed E-state index contributed by atoms with van der Waals surface area (Å²) >= 11 is 6.67. The van der Waals surface area contributed by atoms with E-state index >= 15 is 0 Å². The zero-order chi connectivity index (χ0) is 24.9. The lowest BCUT2D eigenvalue weighted by Crippen LogP contribution is -2.55. The number of nitrogens with zero attached hydrogens (tertiary/aromatic N) is 1. The van der Waals surface area contributed by atoms with Crippen LogP contribution < -0.4 is 26.0 Å². The lowest BCUT2D eigenvalue weighted by Gasteiger charge is -2.36. The quantitative estimate of drug-likeness (QED) is 0.310. The molecule has 9 nitrogen and oxygen atoms in total. The number of aliphatic hydroxyl groups excluding tert-OH is 1. The number of hydrogen-bond acceptors (Lipinski definition) is 8. The molecule has 1 saturated carbocycles. The number of nitrogens with one attached hydrogen (secondary N) is 4. The van der Waals surface area contributed by atoms with Crippen LogP contribution >= 0.6 is 11.6 Å². The van der Waals surface area contributed by atoms with Crippen LogP contribution in [0, 0.1) is 5.92 Å². The van der Waals surface area contributed by atoms with Crippen LogP contribution in [0.3, 0.4) is 0 Å². The third-order valence-corrected chi connectivity index (χ3v) is 8.31. The molecule has 4 atom stereocenters. The van der Waals surface area contributed by atoms with E-state index in [1.807, 2.05) is 6.07 Å². The Balaban J connectivity index is 1.05. The van der Waals surface area contributed by atoms with Gasteiger partial charge in [0, 0.05) is 44.7 Å². The number of fused-ring (bicyclic) bond motifs is 1. The van der Waals surface area contributed by atoms with Gasteiger partial charge in [-0.3, -0.25) is 20.3 Å². The van der Waals surface area contributed by atoms with Crippen LogP contribution in [0.25, 0.3) is 0 Å². The van der Waals surface area contributed by atoms with Gasteiger partial charge in [0.2, 0.25) is 5.91 Å². The number of aliphatic hydroxyl groups is 1. The van der Waals surface area contributed by atoms with E-state index in [1.54, 1.807) is 0 Å². The SMILES string of the molecule is O=C(NC[C@H](O)CN1CCc2c(ccc(OCC3CNCO3)c2Cl)C1)C1CCNC(NC2CCC2)C1. The summed E-state index contributed by atoms with van der Waals surface area (Å²) < 4.78 is 11.4. The summed E-state index contributed by atoms with van der Waals surface area (Å²) in [4.78, 5) is 15.0. The Bertz CT molecular complexity index is 895. The van der Waals surface area contributed by atoms with Crippen molar-refractivity contribution < 1.29 is 19.4 Å². The van der Waals surface area contributed by atoms with E-state index in [4.69, 9.17) is 21.1 Å². The van der Waals surface area contributed by atoms with Gasteiger partial charge in [-0.15, -0.1) is 0 Å². The summed E-state index contributed by atoms with van der Waals surface area (Å²) in [6.07, 6.45) is 5.86. The fourth-order valence-corrected chi connectivity index (χ4v) is 5.86. The molecule has 3 fully saturated rings. The smallest absolute Gasteiger partial charge is 0.223 e. The van der Waals surface area contributed by atoms with Gasteiger partial charge in [-0.1, -0.05) is 24.1 Å². The molecule has 0 radical (unpaired) electrons. The van der Waals surface area contributed by atoms with Gasteiger partial charge in [-0.25, -0.2) is 0 Å². The first-order valence-electron chi connectivity index (χ1n) is 13.5. The summed E-state index contributed by atoms with van der Waals surface area (Å²) in [6.45, 7) is 4.99. The van der Waals surface area contributed by atoms with Gasteiger partial charge < -0.3 is 25.2 Å². The van der Waals surface area contributed by atoms with Crippen molar-refractivity contribution in [1.82, 2.24) is 26.2 Å². The van der Waals surface area contributed by atoms with Crippen molar-refractivity contribution in [2.75, 3.05) is 46.1 Å². The van der Waals surface area contributed by atoms with E-state index in [0.29, 0.717) is 36.7 Å². The Morgan fingerprint density at radius 3 is 3.00 bits per heavy atom. The minimum Gasteiger partial charge on any atom is -0.489 e. The first-order valence-corrected chi connectivity index (χ1v) is 13.9. The Labute approximate surface area is 218 Å². The second-order valence-corrected chi connectivity index (χ2v) is 11.0. The molecular formula is C26H40ClN5O4. The zero-order valence-corrected chi connectivity index (χ0v) is 21.7. The number of benzene rings is 1. The number of carbonyl (C=O) groups excluding carboxylic acids is 1. The molecule has 10 heteroatoms. The topological polar surface area (TPSA) is 107 Å². The predicted octanol–water partition coefficient (Wildman–Crippen LogP) is 0.968. The zero-order valence-electron chi connectivity index (χ0n) is 20.9. The Morgan fingerprint density at radius 2 is 2.22 bits per heavy atom. The molecule has 36 heavy (non-hydrogen) atoms. The van der Waals surface area contributed by atoms with Crippen molar-refractivity contribution in [3.05, 3.63) is 28.3 Å². The van der Waals surface area contributed by atoms with Crippen LogP contribution in [0.1, 0.15) is 43.2 Å². The van der Waals surface area contributed by atoms with E-state index < -0.39 is 6.10 Å². The summed E-state index contributed by atoms with van der Waals surface area (Å²) in [6, 6.07) is 4.59. The molecule has 3 heterocycles. The van der Waals surface area contributed by atoms with Crippen LogP contribution in [0.4, 0.5) is 0 Å². The fraction of sp³-hybridized carbons (Fsp3) is 0.731. The van der Waals surface area contributed by atoms with Crippen molar-refractivity contribution in [3.63, 3.8) is 0 Å². The van der Waals surface area contributed by atoms with Gasteiger partial charge in [-0.2, -0.15) is 0 Å². The standard InChI is InChI=1S/C26H40ClN5O4/c27-25-22-7-9-32(13-18(22)4-5-23(25)35-15-21-12-28-16-36-21)14-20(33)11-30-26(34)17-6-8-29-24(10-17)31-19-2-1-3-19/h4-5,17,19-21,24,28-29,31,33H,1-3,6-16H2,(H,30,34)/t17?,20-,21?,24?/m0/s1. The van der Waals surface area contributed by atoms with Crippen molar-refractivity contribution >= 4 is 17.5 Å². The van der Waals surface area contributed by atoms with E-state index in [2.05, 4.69) is 32.2 Å². The summed E-state index contributed by atoms with van der Waals surface area (Å²) in [5, 5.41) is 24.6. The van der Waals surface area contributed by atoms with Crippen molar-refractivity contribution in [2.24, 2.45) is 5.92 Å². The van der Waals surface area contributed by atoms with E-state index in [0.717, 1.165) is 56.6 Å². The number of ether oxygens (including phenoxy) is 2. The average Bonchev–Trinajstić information content (AvgIpc) is 3.38. The highest BCUT2D eigenvalue weighted by Gasteiger charge is 2.30. The highest BCUT2D eigenvalue weighted by atomic mass is 35.5. The Hall–Kier alpha value is -1.46. The molecule has 3 aliphatic heterocycles. The molecule has 3 unspecified atom stereocenters. The Morgan fingerprint density at radius 1 is 1.33 bits per heavy atom. The number of β-amino-alcohol motifs (C(OH)–C–C–N with tert-alkyl or cyclic N) is 1. The predicted molar refractivity (Wildman–Crippen MR) is 138 cm³/mol. The first-order chi connectivity index (χ1) is 17.5. The molecular weight excluding hydrogens is 482 g/mol. The second kappa shape index (κ2) is 12.4. The van der Waals surface area contributed by atoms with Crippen molar-refractivity contribution in [1.29, 1.82) is 0 Å². The van der Waals surface area contributed by atoms with Crippen LogP contribution in [0.2, 0.25) is 5.02 Å². The minimum atomic E-state index is -0.612. The normalized spacial score (nSPS) is 27.8. The third kappa shape index (κ3) is 6.69. The molecule has 1 aromatic rings. The van der Waals surface area contributed by atoms with Gasteiger partial charge in [-0.05, 0) is 55.8 Å². The van der Waals surface area contributed by atoms with E-state index in [-0.39, 0.29) is 30.6 Å². The van der Waals surface area contributed by atoms with Crippen LogP contribution in [0.5, 0.6) is 5.75 Å². The molecule has 4 aliphatic rings. The number of halogens is 1. The van der Waals surface area contributed by atoms with Gasteiger partial charge in [0.1, 0.15) is 18.5 Å². The number of piperidine rings is 1. The first kappa shape index (κ1) is 26.2. The fourth-order valence-electron chi connectivity index (χ4n) is 5.53. The molecule has 0 aromatic heterocycles. The maximum absolute atomic E-state index is 12.8. The second-order valence-electron chi connectivity index (χ2n) is 10.6. The highest BCUT2D eigenvalue weighted by Crippen LogP contribution is 2.34. The summed E-state index contributed by atoms with van der Waals surface area (Å²) in [5.74, 6) is 0.746. The molecule has 1 aliphatic carbocycles. The van der Waals surface area contributed by atoms with Gasteiger partial charge in [0.25, 0.3) is 0 Å². The monoisotopic (exact) mass is 521 g/mol. The van der Waals surface area contributed by atoms with Crippen molar-refractivity contribution in [2.45, 2.75) is 69.5 Å². The maximum atomic E-state index is 12.8. The number of amides is 1. The minimum absolute atomic E-state index is 0.00654. The number of carbonyl (C=O) groups is 1. The van der Waals surface area contributed by atoms with Crippen molar-refractivity contribution in [3.8, 4) is 5.75 Å². The summed E-state index contributed by atoms with van der Waals surface area (Å²) in [7, 11) is 0. The Kier molecular flexibility index (Phi) is 9.00. The van der Waals surface area contributed by atoms with Crippen LogP contribution in [-0.4, -0.2) is 86.4 Å². The lowest BCUT2D eigenvalue weighted by atomic mass is 9.90. The van der Waals surface area contributed by atoms with Crippen LogP contribution in [0.15, 0.2) is 12.1 Å². The highest BCUT2D eigenvalue weighted by molar-refractivity contribution is 6.33. The molecule has 5 N–H and O–H groups in total. The van der Waals surface area contributed by atoms with E-state index in [9.17, 15) is 9.90 Å². The lowest BCUT2D eigenvalue weighted by molar-refractivity contribution is -0.126. The average molecular weight is 522 g/mol. The van der Waals surface area contributed by atoms with Gasteiger partial charge in [0.05, 0.1) is 24.0 Å². The third-order valence-electron chi connectivity index (χ3n) is 7.89. The molecule has 5 rings (SSSR count). The largest absolute Gasteiger partial charge is 0.489 e. The maximum Gasteiger partial charge on any atom is 0.223 e. The van der Waals surface area contributed by atoms with Crippen LogP contribution in [-0.2, 0) is 22.5 Å². The molecule has 2 saturated heterocycles.